The summed E-state index contributed by atoms with van der Waals surface area (Å²) in [6, 6.07) is 0. The highest BCUT2D eigenvalue weighted by Crippen LogP contribution is 2.20. The summed E-state index contributed by atoms with van der Waals surface area (Å²) in [4.78, 5) is 11.3. The number of unbranched alkanes of at least 4 members (excludes halogenated alkanes) is 1. The maximum absolute atomic E-state index is 11.3. The van der Waals surface area contributed by atoms with Crippen LogP contribution in [0.2, 0.25) is 0 Å². The first-order valence-electron chi connectivity index (χ1n) is 6.38. The second kappa shape index (κ2) is 8.51. The van der Waals surface area contributed by atoms with Gasteiger partial charge in [-0.1, -0.05) is 39.3 Å². The molecule has 0 aromatic carbocycles. The van der Waals surface area contributed by atoms with Crippen LogP contribution in [0.4, 0.5) is 0 Å². The largest absolute Gasteiger partial charge is 0.392 e. The predicted molar refractivity (Wildman–Crippen MR) is 68.3 cm³/mol. The fourth-order valence-electron chi connectivity index (χ4n) is 1.90. The molecule has 0 heterocycles. The van der Waals surface area contributed by atoms with E-state index in [-0.39, 0.29) is 17.6 Å². The zero-order valence-corrected chi connectivity index (χ0v) is 11.1. The summed E-state index contributed by atoms with van der Waals surface area (Å²) >= 11 is 0. The Morgan fingerprint density at radius 2 is 1.94 bits per heavy atom. The number of rotatable bonds is 8. The molecule has 0 bridgehead atoms. The van der Waals surface area contributed by atoms with Crippen molar-refractivity contribution in [2.45, 2.75) is 59.5 Å². The Bertz CT molecular complexity index is 221. The minimum atomic E-state index is -0.506. The van der Waals surface area contributed by atoms with Crippen molar-refractivity contribution in [3.8, 4) is 0 Å². The van der Waals surface area contributed by atoms with Gasteiger partial charge in [-0.3, -0.25) is 4.79 Å². The first-order valence-corrected chi connectivity index (χ1v) is 6.38. The normalized spacial score (nSPS) is 17.3. The molecule has 0 aliphatic heterocycles. The van der Waals surface area contributed by atoms with E-state index < -0.39 is 6.10 Å². The van der Waals surface area contributed by atoms with Crippen LogP contribution in [0.1, 0.15) is 53.4 Å². The Hall–Kier alpha value is -0.630. The third kappa shape index (κ3) is 5.45. The monoisotopic (exact) mass is 226 g/mol. The van der Waals surface area contributed by atoms with Crippen molar-refractivity contribution in [3.63, 3.8) is 0 Å². The van der Waals surface area contributed by atoms with Crippen LogP contribution in [-0.4, -0.2) is 17.0 Å². The van der Waals surface area contributed by atoms with E-state index in [0.717, 1.165) is 25.7 Å². The zero-order chi connectivity index (χ0) is 12.6. The van der Waals surface area contributed by atoms with Crippen molar-refractivity contribution in [2.75, 3.05) is 0 Å². The molecule has 0 spiro atoms. The highest BCUT2D eigenvalue weighted by molar-refractivity contribution is 5.78. The van der Waals surface area contributed by atoms with Crippen LogP contribution in [0.15, 0.2) is 12.2 Å². The Labute approximate surface area is 99.7 Å². The summed E-state index contributed by atoms with van der Waals surface area (Å²) in [7, 11) is 0. The van der Waals surface area contributed by atoms with Crippen molar-refractivity contribution in [1.29, 1.82) is 0 Å². The van der Waals surface area contributed by atoms with E-state index in [4.69, 9.17) is 0 Å². The second-order valence-electron chi connectivity index (χ2n) is 4.59. The van der Waals surface area contributed by atoms with Crippen molar-refractivity contribution in [1.82, 2.24) is 0 Å². The van der Waals surface area contributed by atoms with Gasteiger partial charge in [-0.25, -0.2) is 0 Å². The summed E-state index contributed by atoms with van der Waals surface area (Å²) in [6.07, 6.45) is 7.58. The number of carbonyl (C=O) groups is 1. The van der Waals surface area contributed by atoms with Crippen LogP contribution in [0.3, 0.4) is 0 Å². The molecule has 94 valence electrons. The lowest BCUT2D eigenvalue weighted by molar-refractivity contribution is -0.125. The van der Waals surface area contributed by atoms with Crippen LogP contribution in [0.25, 0.3) is 0 Å². The molecular formula is C14H26O2. The molecule has 1 N–H and O–H groups in total. The fraction of sp³-hybridized carbons (Fsp3) is 0.786. The molecule has 0 aromatic rings. The zero-order valence-electron chi connectivity index (χ0n) is 11.1. The topological polar surface area (TPSA) is 37.3 Å². The van der Waals surface area contributed by atoms with E-state index in [2.05, 4.69) is 19.1 Å². The van der Waals surface area contributed by atoms with E-state index in [1.807, 2.05) is 13.8 Å². The number of ketones is 1. The average molecular weight is 226 g/mol. The Morgan fingerprint density at radius 1 is 1.31 bits per heavy atom. The van der Waals surface area contributed by atoms with Gasteiger partial charge in [-0.05, 0) is 32.1 Å². The molecule has 16 heavy (non-hydrogen) atoms. The molecule has 1 unspecified atom stereocenters. The number of hydrogen-bond donors (Lipinski definition) is 1. The molecule has 0 aliphatic carbocycles. The summed E-state index contributed by atoms with van der Waals surface area (Å²) < 4.78 is 0. The highest BCUT2D eigenvalue weighted by Gasteiger charge is 2.25. The summed E-state index contributed by atoms with van der Waals surface area (Å²) in [5.74, 6) is 0.0518. The van der Waals surface area contributed by atoms with Crippen molar-refractivity contribution in [2.24, 2.45) is 11.8 Å². The molecule has 2 heteroatoms. The van der Waals surface area contributed by atoms with Gasteiger partial charge in [0.2, 0.25) is 0 Å². The predicted octanol–water partition coefficient (Wildman–Crippen LogP) is 3.35. The fourth-order valence-corrected chi connectivity index (χ4v) is 1.90. The maximum atomic E-state index is 11.3. The molecule has 0 saturated carbocycles. The third-order valence-electron chi connectivity index (χ3n) is 3.09. The first-order chi connectivity index (χ1) is 7.54. The van der Waals surface area contributed by atoms with Gasteiger partial charge in [0.1, 0.15) is 5.78 Å². The molecular weight excluding hydrogens is 200 g/mol. The average Bonchev–Trinajstić information content (AvgIpc) is 2.24. The quantitative estimate of drug-likeness (QED) is 0.644. The van der Waals surface area contributed by atoms with Crippen LogP contribution in [0, 0.1) is 11.8 Å². The first kappa shape index (κ1) is 15.4. The number of carbonyl (C=O) groups excluding carboxylic acids is 1. The molecule has 0 radical (unpaired) electrons. The van der Waals surface area contributed by atoms with Crippen molar-refractivity contribution >= 4 is 5.78 Å². The van der Waals surface area contributed by atoms with Crippen LogP contribution >= 0.6 is 0 Å². The molecule has 0 aromatic heterocycles. The molecule has 0 fully saturated rings. The maximum Gasteiger partial charge on any atom is 0.135 e. The number of allylic oxidation sites excluding steroid dienone is 2. The third-order valence-corrected chi connectivity index (χ3v) is 3.09. The van der Waals surface area contributed by atoms with Crippen molar-refractivity contribution in [3.05, 3.63) is 12.2 Å². The lowest BCUT2D eigenvalue weighted by atomic mass is 9.86. The summed E-state index contributed by atoms with van der Waals surface area (Å²) in [5.41, 5.74) is 0. The van der Waals surface area contributed by atoms with Gasteiger partial charge < -0.3 is 5.11 Å². The van der Waals surface area contributed by atoms with E-state index in [1.54, 1.807) is 6.92 Å². The number of Topliss-reactive ketones (excluding diaryl/α,β-unsaturated/α-hetero) is 1. The van der Waals surface area contributed by atoms with Crippen LogP contribution < -0.4 is 0 Å². The molecule has 0 amide bonds. The molecule has 0 rings (SSSR count). The minimum absolute atomic E-state index is 0.0967. The molecule has 0 saturated heterocycles. The van der Waals surface area contributed by atoms with E-state index >= 15 is 0 Å². The number of aliphatic hydroxyl groups is 1. The smallest absolute Gasteiger partial charge is 0.135 e. The lowest BCUT2D eigenvalue weighted by Gasteiger charge is -2.24. The van der Waals surface area contributed by atoms with Crippen LogP contribution in [0.5, 0.6) is 0 Å². The van der Waals surface area contributed by atoms with Crippen molar-refractivity contribution < 1.29 is 9.90 Å². The summed E-state index contributed by atoms with van der Waals surface area (Å²) in [5, 5.41) is 10.0. The van der Waals surface area contributed by atoms with Gasteiger partial charge in [-0.2, -0.15) is 0 Å². The SMILES string of the molecule is CCCC=CC[C@@H](C)C(O)[C@H](CC)C(C)=O. The van der Waals surface area contributed by atoms with Gasteiger partial charge in [0, 0.05) is 5.92 Å². The Morgan fingerprint density at radius 3 is 2.38 bits per heavy atom. The molecule has 0 aliphatic rings. The van der Waals surface area contributed by atoms with E-state index in [0.29, 0.717) is 0 Å². The van der Waals surface area contributed by atoms with Gasteiger partial charge in [0.05, 0.1) is 6.10 Å². The number of hydrogen-bond acceptors (Lipinski definition) is 2. The van der Waals surface area contributed by atoms with Gasteiger partial charge in [0.25, 0.3) is 0 Å². The molecule has 2 nitrogen and oxygen atoms in total. The van der Waals surface area contributed by atoms with E-state index in [1.165, 1.54) is 0 Å². The van der Waals surface area contributed by atoms with E-state index in [9.17, 15) is 9.90 Å². The molecule has 3 atom stereocenters. The van der Waals surface area contributed by atoms with Gasteiger partial charge >= 0.3 is 0 Å². The van der Waals surface area contributed by atoms with Gasteiger partial charge in [0.15, 0.2) is 0 Å². The highest BCUT2D eigenvalue weighted by atomic mass is 16.3. The lowest BCUT2D eigenvalue weighted by Crippen LogP contribution is -2.31. The standard InChI is InChI=1S/C14H26O2/c1-5-7-8-9-10-11(3)14(16)13(6-2)12(4)15/h8-9,11,13-14,16H,5-7,10H2,1-4H3/t11-,13-,14?/m1/s1. The second-order valence-corrected chi connectivity index (χ2v) is 4.59. The number of aliphatic hydroxyl groups excluding tert-OH is 1. The summed E-state index contributed by atoms with van der Waals surface area (Å²) in [6.45, 7) is 7.67. The minimum Gasteiger partial charge on any atom is -0.392 e. The van der Waals surface area contributed by atoms with Gasteiger partial charge in [-0.15, -0.1) is 0 Å². The Kier molecular flexibility index (Phi) is 8.18. The Balaban J connectivity index is 4.15. The van der Waals surface area contributed by atoms with Crippen LogP contribution in [-0.2, 0) is 4.79 Å².